The number of rotatable bonds is 3. The largest absolute Gasteiger partial charge is 0.481 e. The van der Waals surface area contributed by atoms with Crippen molar-refractivity contribution in [3.05, 3.63) is 0 Å². The number of aliphatic carboxylic acids is 1. The molecule has 2 heterocycles. The van der Waals surface area contributed by atoms with Gasteiger partial charge in [0.1, 0.15) is 0 Å². The molecule has 18 heavy (non-hydrogen) atoms. The summed E-state index contributed by atoms with van der Waals surface area (Å²) >= 11 is 0. The highest BCUT2D eigenvalue weighted by atomic mass is 16.4. The van der Waals surface area contributed by atoms with E-state index in [1.165, 1.54) is 6.42 Å². The molecule has 2 aliphatic heterocycles. The highest BCUT2D eigenvalue weighted by Gasteiger charge is 2.45. The number of amides is 1. The highest BCUT2D eigenvalue weighted by molar-refractivity contribution is 5.80. The van der Waals surface area contributed by atoms with Crippen LogP contribution in [0.4, 0.5) is 0 Å². The van der Waals surface area contributed by atoms with E-state index < -0.39 is 5.97 Å². The second kappa shape index (κ2) is 4.56. The Morgan fingerprint density at radius 1 is 1.06 bits per heavy atom. The Kier molecular flexibility index (Phi) is 3.04. The van der Waals surface area contributed by atoms with E-state index in [0.29, 0.717) is 18.0 Å². The molecule has 4 heteroatoms. The van der Waals surface area contributed by atoms with Gasteiger partial charge in [-0.25, -0.2) is 0 Å². The van der Waals surface area contributed by atoms with Gasteiger partial charge in [-0.05, 0) is 44.4 Å². The van der Waals surface area contributed by atoms with Crippen LogP contribution in [0, 0.1) is 11.8 Å². The number of nitrogens with zero attached hydrogens (tertiary/aromatic N) is 1. The predicted octanol–water partition coefficient (Wildman–Crippen LogP) is 2.03. The lowest BCUT2D eigenvalue weighted by atomic mass is 9.82. The summed E-state index contributed by atoms with van der Waals surface area (Å²) in [5.41, 5.74) is 0. The van der Waals surface area contributed by atoms with E-state index in [1.54, 1.807) is 0 Å². The van der Waals surface area contributed by atoms with Crippen LogP contribution in [0.25, 0.3) is 0 Å². The van der Waals surface area contributed by atoms with Crippen molar-refractivity contribution in [3.8, 4) is 0 Å². The van der Waals surface area contributed by atoms with Crippen LogP contribution in [0.5, 0.6) is 0 Å². The van der Waals surface area contributed by atoms with Crippen molar-refractivity contribution in [2.45, 2.75) is 63.5 Å². The molecule has 3 rings (SSSR count). The lowest BCUT2D eigenvalue weighted by Crippen LogP contribution is -2.50. The van der Waals surface area contributed by atoms with E-state index in [2.05, 4.69) is 4.90 Å². The molecule has 1 aliphatic carbocycles. The van der Waals surface area contributed by atoms with E-state index in [0.717, 1.165) is 38.5 Å². The summed E-state index contributed by atoms with van der Waals surface area (Å²) in [5, 5.41) is 8.89. The number of fused-ring (bicyclic) bond motifs is 2. The van der Waals surface area contributed by atoms with Crippen molar-refractivity contribution < 1.29 is 14.7 Å². The van der Waals surface area contributed by atoms with Crippen LogP contribution in [-0.4, -0.2) is 34.0 Å². The Hall–Kier alpha value is -1.06. The van der Waals surface area contributed by atoms with E-state index in [1.807, 2.05) is 0 Å². The van der Waals surface area contributed by atoms with E-state index >= 15 is 0 Å². The first-order valence-electron chi connectivity index (χ1n) is 7.19. The third-order valence-electron chi connectivity index (χ3n) is 5.00. The molecule has 2 atom stereocenters. The Balaban J connectivity index is 1.65. The maximum atomic E-state index is 12.4. The fourth-order valence-electron chi connectivity index (χ4n) is 3.93. The van der Waals surface area contributed by atoms with Gasteiger partial charge in [-0.15, -0.1) is 0 Å². The maximum absolute atomic E-state index is 12.4. The van der Waals surface area contributed by atoms with Crippen LogP contribution in [-0.2, 0) is 9.59 Å². The van der Waals surface area contributed by atoms with Gasteiger partial charge in [-0.1, -0.05) is 6.42 Å². The minimum Gasteiger partial charge on any atom is -0.481 e. The Morgan fingerprint density at radius 2 is 1.67 bits per heavy atom. The minimum absolute atomic E-state index is 0.276. The molecule has 1 saturated carbocycles. The van der Waals surface area contributed by atoms with Crippen LogP contribution >= 0.6 is 0 Å². The smallest absolute Gasteiger partial charge is 0.303 e. The van der Waals surface area contributed by atoms with Gasteiger partial charge in [0.05, 0.1) is 0 Å². The summed E-state index contributed by atoms with van der Waals surface area (Å²) < 4.78 is 0. The Labute approximate surface area is 107 Å². The minimum atomic E-state index is -0.696. The van der Waals surface area contributed by atoms with E-state index in [-0.39, 0.29) is 18.3 Å². The predicted molar refractivity (Wildman–Crippen MR) is 66.0 cm³/mol. The normalized spacial score (nSPS) is 35.3. The van der Waals surface area contributed by atoms with Crippen LogP contribution < -0.4 is 0 Å². The second-order valence-corrected chi connectivity index (χ2v) is 6.19. The summed E-state index contributed by atoms with van der Waals surface area (Å²) in [5.74, 6) is 0.232. The number of piperidine rings is 1. The Morgan fingerprint density at radius 3 is 2.11 bits per heavy atom. The van der Waals surface area contributed by atoms with Gasteiger partial charge in [0.2, 0.25) is 5.91 Å². The van der Waals surface area contributed by atoms with E-state index in [9.17, 15) is 9.59 Å². The zero-order valence-corrected chi connectivity index (χ0v) is 10.7. The molecule has 4 nitrogen and oxygen atoms in total. The molecule has 0 aromatic rings. The van der Waals surface area contributed by atoms with Gasteiger partial charge in [-0.3, -0.25) is 9.59 Å². The summed E-state index contributed by atoms with van der Waals surface area (Å²) in [6.07, 6.45) is 7.57. The standard InChI is InChI=1S/C14H21NO3/c16-13(17)8-9-6-11-4-5-12(7-9)15(11)14(18)10-2-1-3-10/h9-12H,1-8H2,(H,16,17). The van der Waals surface area contributed by atoms with Crippen molar-refractivity contribution in [2.75, 3.05) is 0 Å². The zero-order valence-electron chi connectivity index (χ0n) is 10.7. The number of carboxylic acids is 1. The average molecular weight is 251 g/mol. The van der Waals surface area contributed by atoms with Crippen molar-refractivity contribution in [3.63, 3.8) is 0 Å². The molecule has 2 unspecified atom stereocenters. The molecule has 0 radical (unpaired) electrons. The fourth-order valence-corrected chi connectivity index (χ4v) is 3.93. The molecular formula is C14H21NO3. The summed E-state index contributed by atoms with van der Waals surface area (Å²) in [6, 6.07) is 0.669. The van der Waals surface area contributed by atoms with Crippen LogP contribution in [0.15, 0.2) is 0 Å². The monoisotopic (exact) mass is 251 g/mol. The molecule has 0 aromatic carbocycles. The van der Waals surface area contributed by atoms with Crippen LogP contribution in [0.1, 0.15) is 51.4 Å². The first kappa shape index (κ1) is 12.0. The number of carbonyl (C=O) groups excluding carboxylic acids is 1. The molecule has 3 aliphatic rings. The highest BCUT2D eigenvalue weighted by Crippen LogP contribution is 2.42. The van der Waals surface area contributed by atoms with Gasteiger partial charge in [0.25, 0.3) is 0 Å². The molecule has 2 saturated heterocycles. The van der Waals surface area contributed by atoms with Gasteiger partial charge in [-0.2, -0.15) is 0 Å². The molecule has 1 N–H and O–H groups in total. The number of hydrogen-bond acceptors (Lipinski definition) is 2. The van der Waals surface area contributed by atoms with Crippen molar-refractivity contribution in [1.82, 2.24) is 4.90 Å². The molecule has 100 valence electrons. The van der Waals surface area contributed by atoms with Gasteiger partial charge in [0.15, 0.2) is 0 Å². The van der Waals surface area contributed by atoms with E-state index in [4.69, 9.17) is 5.11 Å². The van der Waals surface area contributed by atoms with Crippen LogP contribution in [0.2, 0.25) is 0 Å². The number of carbonyl (C=O) groups is 2. The molecule has 2 bridgehead atoms. The van der Waals surface area contributed by atoms with Gasteiger partial charge >= 0.3 is 5.97 Å². The molecule has 1 amide bonds. The number of hydrogen-bond donors (Lipinski definition) is 1. The average Bonchev–Trinajstić information content (AvgIpc) is 2.47. The molecule has 0 spiro atoms. The lowest BCUT2D eigenvalue weighted by molar-refractivity contribution is -0.144. The van der Waals surface area contributed by atoms with Crippen LogP contribution in [0.3, 0.4) is 0 Å². The maximum Gasteiger partial charge on any atom is 0.303 e. The summed E-state index contributed by atoms with van der Waals surface area (Å²) in [7, 11) is 0. The molecule has 0 aromatic heterocycles. The topological polar surface area (TPSA) is 57.6 Å². The third kappa shape index (κ3) is 2.02. The van der Waals surface area contributed by atoms with Crippen molar-refractivity contribution in [1.29, 1.82) is 0 Å². The van der Waals surface area contributed by atoms with Gasteiger partial charge in [0, 0.05) is 24.4 Å². The van der Waals surface area contributed by atoms with Gasteiger partial charge < -0.3 is 10.0 Å². The van der Waals surface area contributed by atoms with Crippen molar-refractivity contribution >= 4 is 11.9 Å². The third-order valence-corrected chi connectivity index (χ3v) is 5.00. The van der Waals surface area contributed by atoms with Crippen molar-refractivity contribution in [2.24, 2.45) is 11.8 Å². The summed E-state index contributed by atoms with van der Waals surface area (Å²) in [4.78, 5) is 25.3. The lowest BCUT2D eigenvalue weighted by Gasteiger charge is -2.42. The number of carboxylic acid groups (broad SMARTS) is 1. The first-order valence-corrected chi connectivity index (χ1v) is 7.19. The zero-order chi connectivity index (χ0) is 12.7. The molecular weight excluding hydrogens is 230 g/mol. The SMILES string of the molecule is O=C(O)CC1CC2CCC(C1)N2C(=O)C1CCC1. The summed E-state index contributed by atoms with van der Waals surface area (Å²) in [6.45, 7) is 0. The fraction of sp³-hybridized carbons (Fsp3) is 0.857. The molecule has 3 fully saturated rings. The quantitative estimate of drug-likeness (QED) is 0.835. The first-order chi connectivity index (χ1) is 8.65. The second-order valence-electron chi connectivity index (χ2n) is 6.19. The Bertz CT molecular complexity index is 350.